The molecule has 0 N–H and O–H groups in total. The van der Waals surface area contributed by atoms with Gasteiger partial charge in [0.2, 0.25) is 0 Å². The zero-order valence-corrected chi connectivity index (χ0v) is 15.3. The van der Waals surface area contributed by atoms with Crippen molar-refractivity contribution < 1.29 is 22.7 Å². The molecule has 0 aliphatic carbocycles. The number of nitrogens with zero attached hydrogens (tertiary/aromatic N) is 7. The van der Waals surface area contributed by atoms with Crippen LogP contribution in [-0.2, 0) is 17.5 Å². The van der Waals surface area contributed by atoms with Crippen molar-refractivity contribution in [2.24, 2.45) is 0 Å². The van der Waals surface area contributed by atoms with Crippen molar-refractivity contribution in [3.05, 3.63) is 35.4 Å². The molecular weight excluding hydrogens is 391 g/mol. The topological polar surface area (TPSA) is 100 Å². The summed E-state index contributed by atoms with van der Waals surface area (Å²) in [5.41, 5.74) is -0.209. The van der Waals surface area contributed by atoms with Crippen LogP contribution in [0.3, 0.4) is 0 Å². The summed E-state index contributed by atoms with van der Waals surface area (Å²) < 4.78 is 44.4. The molecule has 0 spiro atoms. The number of halogens is 3. The molecule has 2 aromatic heterocycles. The normalized spacial score (nSPS) is 21.6. The van der Waals surface area contributed by atoms with E-state index in [0.29, 0.717) is 31.3 Å². The Morgan fingerprint density at radius 3 is 2.83 bits per heavy atom. The molecule has 2 aromatic rings. The second-order valence-corrected chi connectivity index (χ2v) is 6.90. The Kier molecular flexibility index (Phi) is 4.62. The smallest absolute Gasteiger partial charge is 0.383 e. The first-order chi connectivity index (χ1) is 13.8. The van der Waals surface area contributed by atoms with Gasteiger partial charge in [-0.2, -0.15) is 23.5 Å². The minimum absolute atomic E-state index is 0.113. The standard InChI is InChI=1S/C17H16F3N7O2/c1-29-8-13-2-12(7-25(13)9-21)26-5-10-3-22-16(24-14(10)15(26)28)27-6-11(4-23-27)17(18,19)20/h3-4,6,12-13H,2,5,7-8H2,1H3/t12-,13+/m1/s1. The Hall–Kier alpha value is -3.20. The molecule has 2 aliphatic rings. The summed E-state index contributed by atoms with van der Waals surface area (Å²) in [6.07, 6.45) is 1.04. The van der Waals surface area contributed by atoms with Crippen molar-refractivity contribution in [3.8, 4) is 12.1 Å². The molecule has 2 atom stereocenters. The van der Waals surface area contributed by atoms with E-state index in [1.165, 1.54) is 6.20 Å². The Bertz CT molecular complexity index is 984. The molecule has 4 heterocycles. The van der Waals surface area contributed by atoms with Gasteiger partial charge >= 0.3 is 6.18 Å². The molecule has 0 radical (unpaired) electrons. The Morgan fingerprint density at radius 1 is 1.38 bits per heavy atom. The number of rotatable bonds is 4. The van der Waals surface area contributed by atoms with Gasteiger partial charge in [-0.15, -0.1) is 0 Å². The van der Waals surface area contributed by atoms with Gasteiger partial charge in [-0.1, -0.05) is 0 Å². The summed E-state index contributed by atoms with van der Waals surface area (Å²) in [6, 6.07) is -0.306. The molecule has 1 amide bonds. The maximum Gasteiger partial charge on any atom is 0.419 e. The van der Waals surface area contributed by atoms with E-state index in [2.05, 4.69) is 21.3 Å². The molecule has 0 unspecified atom stereocenters. The maximum atomic E-state index is 12.9. The average Bonchev–Trinajstić information content (AvgIpc) is 3.39. The molecule has 0 aromatic carbocycles. The average molecular weight is 407 g/mol. The number of ether oxygens (including phenoxy) is 1. The van der Waals surface area contributed by atoms with Crippen LogP contribution in [0.1, 0.15) is 28.0 Å². The zero-order chi connectivity index (χ0) is 20.8. The summed E-state index contributed by atoms with van der Waals surface area (Å²) in [5, 5.41) is 12.9. The van der Waals surface area contributed by atoms with Gasteiger partial charge in [0, 0.05) is 31.6 Å². The summed E-state index contributed by atoms with van der Waals surface area (Å²) >= 11 is 0. The van der Waals surface area contributed by atoms with Crippen molar-refractivity contribution >= 4 is 5.91 Å². The highest BCUT2D eigenvalue weighted by Gasteiger charge is 2.41. The SMILES string of the molecule is COC[C@@H]1C[C@@H](N2Cc3cnc(-n4cc(C(F)(F)F)cn4)nc3C2=O)CN1C#N. The van der Waals surface area contributed by atoms with Gasteiger partial charge in [0.05, 0.1) is 37.0 Å². The fourth-order valence-electron chi connectivity index (χ4n) is 3.66. The summed E-state index contributed by atoms with van der Waals surface area (Å²) in [6.45, 7) is 1.05. The van der Waals surface area contributed by atoms with Crippen molar-refractivity contribution in [2.75, 3.05) is 20.3 Å². The van der Waals surface area contributed by atoms with Gasteiger partial charge in [0.25, 0.3) is 11.9 Å². The van der Waals surface area contributed by atoms with E-state index in [1.807, 2.05) is 0 Å². The second-order valence-electron chi connectivity index (χ2n) is 6.90. The van der Waals surface area contributed by atoms with Crippen LogP contribution in [0.4, 0.5) is 13.2 Å². The van der Waals surface area contributed by atoms with Gasteiger partial charge in [-0.25, -0.2) is 14.6 Å². The fraction of sp³-hybridized carbons (Fsp3) is 0.471. The lowest BCUT2D eigenvalue weighted by atomic mass is 10.1. The number of alkyl halides is 3. The molecule has 1 saturated heterocycles. The van der Waals surface area contributed by atoms with Crippen LogP contribution in [-0.4, -0.2) is 67.8 Å². The number of nitriles is 1. The number of hydrogen-bond acceptors (Lipinski definition) is 7. The Balaban J connectivity index is 1.55. The van der Waals surface area contributed by atoms with Crippen LogP contribution in [0.25, 0.3) is 5.95 Å². The first kappa shape index (κ1) is 19.1. The number of aromatic nitrogens is 4. The van der Waals surface area contributed by atoms with Gasteiger partial charge in [-0.05, 0) is 6.42 Å². The molecule has 4 rings (SSSR count). The first-order valence-electron chi connectivity index (χ1n) is 8.76. The number of carbonyl (C=O) groups excluding carboxylic acids is 1. The van der Waals surface area contributed by atoms with E-state index in [1.54, 1.807) is 16.9 Å². The highest BCUT2D eigenvalue weighted by atomic mass is 19.4. The lowest BCUT2D eigenvalue weighted by molar-refractivity contribution is -0.137. The predicted molar refractivity (Wildman–Crippen MR) is 90.4 cm³/mol. The lowest BCUT2D eigenvalue weighted by Gasteiger charge is -2.22. The van der Waals surface area contributed by atoms with E-state index in [0.717, 1.165) is 10.9 Å². The lowest BCUT2D eigenvalue weighted by Crippen LogP contribution is -2.37. The Labute approximate surface area is 163 Å². The van der Waals surface area contributed by atoms with Crippen molar-refractivity contribution in [3.63, 3.8) is 0 Å². The number of likely N-dealkylation sites (tertiary alicyclic amines) is 1. The molecule has 152 valence electrons. The number of hydrogen-bond donors (Lipinski definition) is 0. The molecule has 0 saturated carbocycles. The van der Waals surface area contributed by atoms with Crippen LogP contribution in [0.15, 0.2) is 18.6 Å². The molecular formula is C17H16F3N7O2. The van der Waals surface area contributed by atoms with Gasteiger partial charge in [-0.3, -0.25) is 4.79 Å². The minimum atomic E-state index is -4.53. The third-order valence-electron chi connectivity index (χ3n) is 5.09. The molecule has 9 nitrogen and oxygen atoms in total. The zero-order valence-electron chi connectivity index (χ0n) is 15.3. The van der Waals surface area contributed by atoms with Crippen LogP contribution < -0.4 is 0 Å². The first-order valence-corrected chi connectivity index (χ1v) is 8.76. The fourth-order valence-corrected chi connectivity index (χ4v) is 3.66. The predicted octanol–water partition coefficient (Wildman–Crippen LogP) is 1.21. The molecule has 2 aliphatic heterocycles. The number of fused-ring (bicyclic) bond motifs is 1. The second kappa shape index (κ2) is 7.00. The van der Waals surface area contributed by atoms with Crippen LogP contribution in [0.5, 0.6) is 0 Å². The van der Waals surface area contributed by atoms with Gasteiger partial charge < -0.3 is 14.5 Å². The van der Waals surface area contributed by atoms with E-state index in [4.69, 9.17) is 4.74 Å². The molecule has 0 bridgehead atoms. The quantitative estimate of drug-likeness (QED) is 0.703. The summed E-state index contributed by atoms with van der Waals surface area (Å²) in [5.74, 6) is -0.454. The van der Waals surface area contributed by atoms with Crippen molar-refractivity contribution in [1.29, 1.82) is 5.26 Å². The van der Waals surface area contributed by atoms with Crippen molar-refractivity contribution in [1.82, 2.24) is 29.5 Å². The highest BCUT2D eigenvalue weighted by molar-refractivity contribution is 5.96. The summed E-state index contributed by atoms with van der Waals surface area (Å²) in [4.78, 5) is 24.3. The van der Waals surface area contributed by atoms with Crippen LogP contribution in [0.2, 0.25) is 0 Å². The van der Waals surface area contributed by atoms with E-state index in [-0.39, 0.29) is 36.2 Å². The van der Waals surface area contributed by atoms with Gasteiger partial charge in [0.15, 0.2) is 6.19 Å². The van der Waals surface area contributed by atoms with Crippen LogP contribution >= 0.6 is 0 Å². The van der Waals surface area contributed by atoms with E-state index in [9.17, 15) is 23.2 Å². The third-order valence-corrected chi connectivity index (χ3v) is 5.09. The summed E-state index contributed by atoms with van der Waals surface area (Å²) in [7, 11) is 1.55. The Morgan fingerprint density at radius 2 is 2.17 bits per heavy atom. The number of carbonyl (C=O) groups is 1. The van der Waals surface area contributed by atoms with Crippen molar-refractivity contribution in [2.45, 2.75) is 31.2 Å². The maximum absolute atomic E-state index is 12.9. The largest absolute Gasteiger partial charge is 0.419 e. The molecule has 12 heteroatoms. The third kappa shape index (κ3) is 3.38. The van der Waals surface area contributed by atoms with Gasteiger partial charge in [0.1, 0.15) is 5.69 Å². The van der Waals surface area contributed by atoms with Crippen LogP contribution in [0, 0.1) is 11.5 Å². The van der Waals surface area contributed by atoms with E-state index >= 15 is 0 Å². The van der Waals surface area contributed by atoms with E-state index < -0.39 is 11.7 Å². The minimum Gasteiger partial charge on any atom is -0.383 e. The highest BCUT2D eigenvalue weighted by Crippen LogP contribution is 2.31. The molecule has 29 heavy (non-hydrogen) atoms. The number of methoxy groups -OCH3 is 1. The molecule has 1 fully saturated rings. The number of amides is 1. The monoisotopic (exact) mass is 407 g/mol.